The number of nitrogen functional groups attached to an aromatic ring is 1. The van der Waals surface area contributed by atoms with Crippen molar-refractivity contribution in [1.29, 1.82) is 0 Å². The van der Waals surface area contributed by atoms with Gasteiger partial charge in [0, 0.05) is 11.9 Å². The zero-order valence-corrected chi connectivity index (χ0v) is 7.27. The average molecular weight is 169 g/mol. The second-order valence-electron chi connectivity index (χ2n) is 2.04. The maximum atomic E-state index is 5.40. The first-order chi connectivity index (χ1) is 5.33. The number of anilines is 1. The van der Waals surface area contributed by atoms with E-state index in [9.17, 15) is 0 Å². The summed E-state index contributed by atoms with van der Waals surface area (Å²) in [7, 11) is 0. The zero-order chi connectivity index (χ0) is 8.10. The molecule has 2 N–H and O–H groups in total. The van der Waals surface area contributed by atoms with Crippen molar-refractivity contribution >= 4 is 17.7 Å². The van der Waals surface area contributed by atoms with Crippen LogP contribution in [0.1, 0.15) is 12.6 Å². The summed E-state index contributed by atoms with van der Waals surface area (Å²) in [5.41, 5.74) is 6.40. The van der Waals surface area contributed by atoms with Gasteiger partial charge in [-0.05, 0) is 11.8 Å². The Morgan fingerprint density at radius 2 is 2.45 bits per heavy atom. The molecule has 11 heavy (non-hydrogen) atoms. The van der Waals surface area contributed by atoms with E-state index in [0.717, 1.165) is 17.2 Å². The Balaban J connectivity index is 2.56. The van der Waals surface area contributed by atoms with Gasteiger partial charge in [0.2, 0.25) is 5.95 Å². The molecule has 0 saturated heterocycles. The van der Waals surface area contributed by atoms with Crippen molar-refractivity contribution in [2.24, 2.45) is 0 Å². The number of nitrogens with two attached hydrogens (primary N) is 1. The molecule has 0 unspecified atom stereocenters. The van der Waals surface area contributed by atoms with E-state index in [1.807, 2.05) is 17.8 Å². The predicted molar refractivity (Wildman–Crippen MR) is 48.3 cm³/mol. The van der Waals surface area contributed by atoms with Crippen LogP contribution in [-0.4, -0.2) is 15.7 Å². The lowest BCUT2D eigenvalue weighted by Gasteiger charge is -1.97. The van der Waals surface area contributed by atoms with Gasteiger partial charge in [0.05, 0.1) is 5.69 Å². The second-order valence-corrected chi connectivity index (χ2v) is 3.32. The van der Waals surface area contributed by atoms with Gasteiger partial charge in [0.15, 0.2) is 0 Å². The zero-order valence-electron chi connectivity index (χ0n) is 6.45. The molecule has 1 heterocycles. The lowest BCUT2D eigenvalue weighted by Crippen LogP contribution is -1.96. The van der Waals surface area contributed by atoms with E-state index in [4.69, 9.17) is 5.73 Å². The summed E-state index contributed by atoms with van der Waals surface area (Å²) in [6.07, 6.45) is 1.69. The van der Waals surface area contributed by atoms with Gasteiger partial charge in [0.25, 0.3) is 0 Å². The summed E-state index contributed by atoms with van der Waals surface area (Å²) in [6.45, 7) is 2.12. The van der Waals surface area contributed by atoms with Crippen molar-refractivity contribution in [3.8, 4) is 0 Å². The minimum absolute atomic E-state index is 0.360. The van der Waals surface area contributed by atoms with Crippen molar-refractivity contribution in [1.82, 2.24) is 9.97 Å². The number of rotatable bonds is 3. The maximum absolute atomic E-state index is 5.40. The lowest BCUT2D eigenvalue weighted by atomic mass is 10.5. The SMILES string of the molecule is CCSCc1ccnc(N)n1. The highest BCUT2D eigenvalue weighted by molar-refractivity contribution is 7.98. The molecule has 0 aliphatic carbocycles. The predicted octanol–water partition coefficient (Wildman–Crippen LogP) is 1.31. The second kappa shape index (κ2) is 4.18. The van der Waals surface area contributed by atoms with Gasteiger partial charge < -0.3 is 5.73 Å². The highest BCUT2D eigenvalue weighted by Gasteiger charge is 1.93. The van der Waals surface area contributed by atoms with Crippen molar-refractivity contribution < 1.29 is 0 Å². The third kappa shape index (κ3) is 2.76. The van der Waals surface area contributed by atoms with Crippen LogP contribution in [0.3, 0.4) is 0 Å². The van der Waals surface area contributed by atoms with Crippen LogP contribution in [0.2, 0.25) is 0 Å². The molecule has 0 radical (unpaired) electrons. The summed E-state index contributed by atoms with van der Waals surface area (Å²) >= 11 is 1.82. The first kappa shape index (κ1) is 8.33. The minimum Gasteiger partial charge on any atom is -0.368 e. The standard InChI is InChI=1S/C7H11N3S/c1-2-11-5-6-3-4-9-7(8)10-6/h3-4H,2,5H2,1H3,(H2,8,9,10). The van der Waals surface area contributed by atoms with E-state index >= 15 is 0 Å². The van der Waals surface area contributed by atoms with E-state index in [2.05, 4.69) is 16.9 Å². The first-order valence-electron chi connectivity index (χ1n) is 3.48. The largest absolute Gasteiger partial charge is 0.368 e. The van der Waals surface area contributed by atoms with Crippen LogP contribution in [0.4, 0.5) is 5.95 Å². The van der Waals surface area contributed by atoms with Crippen LogP contribution in [0, 0.1) is 0 Å². The summed E-state index contributed by atoms with van der Waals surface area (Å²) in [5, 5.41) is 0. The highest BCUT2D eigenvalue weighted by Crippen LogP contribution is 2.08. The van der Waals surface area contributed by atoms with E-state index in [0.29, 0.717) is 5.95 Å². The fourth-order valence-electron chi connectivity index (χ4n) is 0.700. The molecule has 1 aromatic heterocycles. The average Bonchev–Trinajstić information content (AvgIpc) is 2.01. The molecule has 0 atom stereocenters. The fraction of sp³-hybridized carbons (Fsp3) is 0.429. The van der Waals surface area contributed by atoms with Crippen molar-refractivity contribution in [3.63, 3.8) is 0 Å². The third-order valence-corrected chi connectivity index (χ3v) is 2.09. The number of nitrogens with zero attached hydrogens (tertiary/aromatic N) is 2. The Labute approximate surface area is 70.4 Å². The van der Waals surface area contributed by atoms with Crippen molar-refractivity contribution in [3.05, 3.63) is 18.0 Å². The van der Waals surface area contributed by atoms with Crippen molar-refractivity contribution in [2.75, 3.05) is 11.5 Å². The highest BCUT2D eigenvalue weighted by atomic mass is 32.2. The van der Waals surface area contributed by atoms with Crippen molar-refractivity contribution in [2.45, 2.75) is 12.7 Å². The van der Waals surface area contributed by atoms with Gasteiger partial charge in [-0.1, -0.05) is 6.92 Å². The smallest absolute Gasteiger partial charge is 0.220 e. The van der Waals surface area contributed by atoms with Crippen LogP contribution in [0.15, 0.2) is 12.3 Å². The van der Waals surface area contributed by atoms with Crippen LogP contribution < -0.4 is 5.73 Å². The number of thioether (sulfide) groups is 1. The molecule has 0 aliphatic rings. The van der Waals surface area contributed by atoms with Crippen LogP contribution >= 0.6 is 11.8 Å². The van der Waals surface area contributed by atoms with Crippen LogP contribution in [-0.2, 0) is 5.75 Å². The molecule has 60 valence electrons. The Hall–Kier alpha value is -0.770. The molecule has 0 spiro atoms. The monoisotopic (exact) mass is 169 g/mol. The Bertz CT molecular complexity index is 227. The van der Waals surface area contributed by atoms with Gasteiger partial charge in [-0.25, -0.2) is 9.97 Å². The maximum Gasteiger partial charge on any atom is 0.220 e. The Morgan fingerprint density at radius 1 is 1.64 bits per heavy atom. The third-order valence-electron chi connectivity index (χ3n) is 1.19. The van der Waals surface area contributed by atoms with E-state index in [-0.39, 0.29) is 0 Å². The molecular weight excluding hydrogens is 158 g/mol. The molecule has 1 aromatic rings. The van der Waals surface area contributed by atoms with Crippen LogP contribution in [0.25, 0.3) is 0 Å². The van der Waals surface area contributed by atoms with Crippen LogP contribution in [0.5, 0.6) is 0 Å². The van der Waals surface area contributed by atoms with Gasteiger partial charge in [-0.15, -0.1) is 0 Å². The van der Waals surface area contributed by atoms with E-state index in [1.165, 1.54) is 0 Å². The number of hydrogen-bond acceptors (Lipinski definition) is 4. The van der Waals surface area contributed by atoms with E-state index in [1.54, 1.807) is 6.20 Å². The Kier molecular flexibility index (Phi) is 3.16. The van der Waals surface area contributed by atoms with Gasteiger partial charge in [-0.2, -0.15) is 11.8 Å². The number of hydrogen-bond donors (Lipinski definition) is 1. The first-order valence-corrected chi connectivity index (χ1v) is 4.63. The quantitative estimate of drug-likeness (QED) is 0.741. The van der Waals surface area contributed by atoms with Gasteiger partial charge >= 0.3 is 0 Å². The summed E-state index contributed by atoms with van der Waals surface area (Å²) in [5.74, 6) is 2.38. The summed E-state index contributed by atoms with van der Waals surface area (Å²) < 4.78 is 0. The van der Waals surface area contributed by atoms with Gasteiger partial charge in [-0.3, -0.25) is 0 Å². The molecule has 0 bridgehead atoms. The molecule has 4 heteroatoms. The van der Waals surface area contributed by atoms with E-state index < -0.39 is 0 Å². The fourth-order valence-corrected chi connectivity index (χ4v) is 1.27. The normalized spacial score (nSPS) is 9.91. The Morgan fingerprint density at radius 3 is 3.09 bits per heavy atom. The molecular formula is C7H11N3S. The summed E-state index contributed by atoms with van der Waals surface area (Å²) in [6, 6.07) is 1.89. The lowest BCUT2D eigenvalue weighted by molar-refractivity contribution is 1.10. The molecule has 3 nitrogen and oxygen atoms in total. The molecule has 0 fully saturated rings. The summed E-state index contributed by atoms with van der Waals surface area (Å²) in [4.78, 5) is 7.86. The number of aromatic nitrogens is 2. The molecule has 0 aliphatic heterocycles. The molecule has 0 aromatic carbocycles. The molecule has 0 saturated carbocycles. The topological polar surface area (TPSA) is 51.8 Å². The molecule has 0 amide bonds. The van der Waals surface area contributed by atoms with Gasteiger partial charge in [0.1, 0.15) is 0 Å². The molecule has 1 rings (SSSR count). The minimum atomic E-state index is 0.360.